The lowest BCUT2D eigenvalue weighted by molar-refractivity contribution is 0.135. The molecule has 0 aliphatic carbocycles. The van der Waals surface area contributed by atoms with E-state index in [0.717, 1.165) is 18.8 Å². The van der Waals surface area contributed by atoms with Crippen LogP contribution in [0.3, 0.4) is 0 Å². The van der Waals surface area contributed by atoms with Crippen molar-refractivity contribution in [1.82, 2.24) is 5.32 Å². The minimum absolute atomic E-state index is 0.0990. The number of hydrogen-bond acceptors (Lipinski definition) is 4. The molecule has 0 heterocycles. The van der Waals surface area contributed by atoms with Crippen LogP contribution in [0.25, 0.3) is 0 Å². The Morgan fingerprint density at radius 3 is 2.50 bits per heavy atom. The Kier molecular flexibility index (Phi) is 8.63. The van der Waals surface area contributed by atoms with Crippen LogP contribution in [0.4, 0.5) is 0 Å². The van der Waals surface area contributed by atoms with Gasteiger partial charge in [-0.2, -0.15) is 5.26 Å². The third-order valence-corrected chi connectivity index (χ3v) is 2.53. The fourth-order valence-electron chi connectivity index (χ4n) is 1.39. The Morgan fingerprint density at radius 1 is 1.39 bits per heavy atom. The van der Waals surface area contributed by atoms with Crippen LogP contribution in [0, 0.1) is 23.2 Å². The number of nitrogens with zero attached hydrogens (tertiary/aromatic N) is 3. The van der Waals surface area contributed by atoms with E-state index in [0.29, 0.717) is 18.2 Å². The van der Waals surface area contributed by atoms with Crippen molar-refractivity contribution in [2.75, 3.05) is 20.2 Å². The second-order valence-electron chi connectivity index (χ2n) is 4.41. The lowest BCUT2D eigenvalue weighted by atomic mass is 10.1. The molecule has 5 heteroatoms. The minimum Gasteiger partial charge on any atom is -0.395 e. The lowest BCUT2D eigenvalue weighted by Gasteiger charge is -2.14. The van der Waals surface area contributed by atoms with E-state index in [1.807, 2.05) is 26.8 Å². The first-order chi connectivity index (χ1) is 8.56. The molecule has 0 aliphatic rings. The predicted octanol–water partition coefficient (Wildman–Crippen LogP) is 2.20. The highest BCUT2D eigenvalue weighted by Gasteiger charge is 2.09. The maximum Gasteiger partial charge on any atom is 0.159 e. The van der Waals surface area contributed by atoms with Gasteiger partial charge in [0.2, 0.25) is 0 Å². The van der Waals surface area contributed by atoms with E-state index in [9.17, 15) is 0 Å². The van der Waals surface area contributed by atoms with Crippen LogP contribution >= 0.6 is 0 Å². The second kappa shape index (κ2) is 9.46. The number of rotatable bonds is 7. The van der Waals surface area contributed by atoms with Gasteiger partial charge in [0.25, 0.3) is 0 Å². The Hall–Kier alpha value is -1.57. The molecule has 1 N–H and O–H groups in total. The van der Waals surface area contributed by atoms with Crippen molar-refractivity contribution in [3.05, 3.63) is 0 Å². The molecule has 0 aromatic carbocycles. The van der Waals surface area contributed by atoms with Gasteiger partial charge >= 0.3 is 0 Å². The van der Waals surface area contributed by atoms with Gasteiger partial charge in [0, 0.05) is 25.4 Å². The largest absolute Gasteiger partial charge is 0.395 e. The third-order valence-electron chi connectivity index (χ3n) is 2.53. The molecule has 1 atom stereocenters. The van der Waals surface area contributed by atoms with Gasteiger partial charge in [0.15, 0.2) is 5.71 Å². The zero-order valence-electron chi connectivity index (χ0n) is 12.0. The van der Waals surface area contributed by atoms with Crippen molar-refractivity contribution in [3.63, 3.8) is 0 Å². The van der Waals surface area contributed by atoms with Crippen molar-refractivity contribution >= 4 is 11.5 Å². The van der Waals surface area contributed by atoms with E-state index in [1.165, 1.54) is 0 Å². The number of nitriles is 1. The first kappa shape index (κ1) is 16.4. The van der Waals surface area contributed by atoms with Crippen LogP contribution in [0.15, 0.2) is 10.1 Å². The van der Waals surface area contributed by atoms with Gasteiger partial charge in [-0.25, -0.2) is 0 Å². The summed E-state index contributed by atoms with van der Waals surface area (Å²) in [5.41, 5.74) is 0.429. The number of hydrogen-bond donors (Lipinski definition) is 1. The summed E-state index contributed by atoms with van der Waals surface area (Å²) in [6.45, 7) is 9.32. The molecule has 0 aromatic heterocycles. The van der Waals surface area contributed by atoms with Gasteiger partial charge in [-0.05, 0) is 13.3 Å². The lowest BCUT2D eigenvalue weighted by Crippen LogP contribution is -2.29. The topological polar surface area (TPSA) is 69.8 Å². The third kappa shape index (κ3) is 6.24. The molecule has 5 nitrogen and oxygen atoms in total. The Balaban J connectivity index is 4.09. The quantitative estimate of drug-likeness (QED) is 0.327. The van der Waals surface area contributed by atoms with Gasteiger partial charge in [0.1, 0.15) is 12.7 Å². The zero-order chi connectivity index (χ0) is 14.0. The smallest absolute Gasteiger partial charge is 0.159 e. The molecule has 1 unspecified atom stereocenters. The highest BCUT2D eigenvalue weighted by Crippen LogP contribution is 2.04. The molecule has 0 rings (SSSR count). The molecule has 0 saturated heterocycles. The molecule has 0 bridgehead atoms. The summed E-state index contributed by atoms with van der Waals surface area (Å²) in [4.78, 5) is 9.37. The van der Waals surface area contributed by atoms with Crippen LogP contribution in [-0.2, 0) is 4.84 Å². The van der Waals surface area contributed by atoms with Crippen LogP contribution in [-0.4, -0.2) is 31.7 Å². The van der Waals surface area contributed by atoms with Gasteiger partial charge in [0.05, 0.1) is 5.84 Å². The van der Waals surface area contributed by atoms with Crippen molar-refractivity contribution in [1.29, 1.82) is 5.26 Å². The average Bonchev–Trinajstić information content (AvgIpc) is 2.35. The Bertz CT molecular complexity index is 328. The highest BCUT2D eigenvalue weighted by molar-refractivity contribution is 5.99. The van der Waals surface area contributed by atoms with E-state index in [1.54, 1.807) is 7.05 Å². The molecule has 18 heavy (non-hydrogen) atoms. The first-order valence-corrected chi connectivity index (χ1v) is 6.37. The van der Waals surface area contributed by atoms with Gasteiger partial charge in [-0.1, -0.05) is 25.9 Å². The summed E-state index contributed by atoms with van der Waals surface area (Å²) >= 11 is 0. The minimum atomic E-state index is 0.0990. The van der Waals surface area contributed by atoms with Gasteiger partial charge < -0.3 is 10.2 Å². The van der Waals surface area contributed by atoms with Gasteiger partial charge in [-0.3, -0.25) is 4.99 Å². The molecular formula is C13H24N4O. The monoisotopic (exact) mass is 252 g/mol. The number of amidine groups is 1. The van der Waals surface area contributed by atoms with Crippen LogP contribution in [0.5, 0.6) is 0 Å². The van der Waals surface area contributed by atoms with Crippen LogP contribution in [0.1, 0.15) is 34.1 Å². The standard InChI is InChI=1S/C13H24N4O/c1-6-16-13(15-5)11(4)7-8-18-17-12(9-14)10(2)3/h10-11H,6-8H2,1-5H3,(H,15,16)/b17-12+. The second-order valence-corrected chi connectivity index (χ2v) is 4.41. The molecule has 0 spiro atoms. The molecule has 0 radical (unpaired) electrons. The maximum absolute atomic E-state index is 8.81. The zero-order valence-corrected chi connectivity index (χ0v) is 12.0. The first-order valence-electron chi connectivity index (χ1n) is 6.37. The van der Waals surface area contributed by atoms with E-state index < -0.39 is 0 Å². The molecule has 0 amide bonds. The predicted molar refractivity (Wildman–Crippen MR) is 74.7 cm³/mol. The summed E-state index contributed by atoms with van der Waals surface area (Å²) in [6, 6.07) is 2.03. The van der Waals surface area contributed by atoms with Crippen molar-refractivity contribution < 1.29 is 4.84 Å². The maximum atomic E-state index is 8.81. The molecule has 0 aliphatic heterocycles. The average molecular weight is 252 g/mol. The summed E-state index contributed by atoms with van der Waals surface area (Å²) in [6.07, 6.45) is 0.819. The fraction of sp³-hybridized carbons (Fsp3) is 0.769. The highest BCUT2D eigenvalue weighted by atomic mass is 16.6. The summed E-state index contributed by atoms with van der Waals surface area (Å²) in [5.74, 6) is 1.38. The SMILES string of the molecule is CCNC(=NC)C(C)CCO/N=C(\C#N)C(C)C. The van der Waals surface area contributed by atoms with E-state index >= 15 is 0 Å². The van der Waals surface area contributed by atoms with E-state index in [4.69, 9.17) is 10.1 Å². The fourth-order valence-corrected chi connectivity index (χ4v) is 1.39. The van der Waals surface area contributed by atoms with Crippen LogP contribution < -0.4 is 5.32 Å². The number of oxime groups is 1. The molecule has 0 saturated carbocycles. The summed E-state index contributed by atoms with van der Waals surface area (Å²) in [5, 5.41) is 15.9. The number of aliphatic imine (C=N–C) groups is 1. The van der Waals surface area contributed by atoms with Gasteiger partial charge in [-0.15, -0.1) is 0 Å². The van der Waals surface area contributed by atoms with E-state index in [2.05, 4.69) is 22.4 Å². The summed E-state index contributed by atoms with van der Waals surface area (Å²) < 4.78 is 0. The normalized spacial score (nSPS) is 14.3. The van der Waals surface area contributed by atoms with Crippen LogP contribution in [0.2, 0.25) is 0 Å². The molecule has 0 fully saturated rings. The molecule has 102 valence electrons. The molecule has 0 aromatic rings. The van der Waals surface area contributed by atoms with Crippen molar-refractivity contribution in [2.24, 2.45) is 22.0 Å². The van der Waals surface area contributed by atoms with Crippen molar-refractivity contribution in [3.8, 4) is 6.07 Å². The Morgan fingerprint density at radius 2 is 2.06 bits per heavy atom. The van der Waals surface area contributed by atoms with Crippen molar-refractivity contribution in [2.45, 2.75) is 34.1 Å². The van der Waals surface area contributed by atoms with E-state index in [-0.39, 0.29) is 5.92 Å². The number of nitrogens with one attached hydrogen (secondary N) is 1. The summed E-state index contributed by atoms with van der Waals surface area (Å²) in [7, 11) is 1.78. The Labute approximate surface area is 110 Å². The molecular weight excluding hydrogens is 228 g/mol.